The average Bonchev–Trinajstić information content (AvgIpc) is 2.14. The van der Waals surface area contributed by atoms with Gasteiger partial charge in [-0.05, 0) is 6.42 Å². The van der Waals surface area contributed by atoms with Crippen LogP contribution in [-0.4, -0.2) is 30.5 Å². The molecule has 2 atom stereocenters. The van der Waals surface area contributed by atoms with Crippen molar-refractivity contribution in [3.8, 4) is 0 Å². The predicted octanol–water partition coefficient (Wildman–Crippen LogP) is -0.483. The second-order valence-corrected chi connectivity index (χ2v) is 2.00. The molecule has 0 amide bonds. The van der Waals surface area contributed by atoms with E-state index in [0.29, 0.717) is 13.2 Å². The molecule has 1 fully saturated rings. The first-order valence-corrected chi connectivity index (χ1v) is 2.84. The number of rotatable bonds is 1. The summed E-state index contributed by atoms with van der Waals surface area (Å²) in [5.74, 6) is 0. The van der Waals surface area contributed by atoms with Gasteiger partial charge < -0.3 is 15.6 Å². The Hall–Kier alpha value is 0.170. The van der Waals surface area contributed by atoms with E-state index in [1.54, 1.807) is 0 Å². The maximum Gasteiger partial charge on any atom is 0.0956 e. The summed E-state index contributed by atoms with van der Waals surface area (Å²) < 4.78 is 5.04. The minimum Gasteiger partial charge on any atom is -0.390 e. The third-order valence-corrected chi connectivity index (χ3v) is 1.41. The summed E-state index contributed by atoms with van der Waals surface area (Å²) in [7, 11) is 0. The van der Waals surface area contributed by atoms with Crippen LogP contribution in [0.5, 0.6) is 0 Å². The summed E-state index contributed by atoms with van der Waals surface area (Å²) in [5.41, 5.74) is 5.24. The fourth-order valence-electron chi connectivity index (χ4n) is 0.862. The fraction of sp³-hybridized carbons (Fsp3) is 1.00. The van der Waals surface area contributed by atoms with E-state index in [-0.39, 0.29) is 24.6 Å². The van der Waals surface area contributed by atoms with Gasteiger partial charge in [-0.3, -0.25) is 0 Å². The minimum absolute atomic E-state index is 0. The molecule has 3 N–H and O–H groups in total. The third-order valence-electron chi connectivity index (χ3n) is 1.41. The smallest absolute Gasteiger partial charge is 0.0956 e. The highest BCUT2D eigenvalue weighted by molar-refractivity contribution is 5.85. The van der Waals surface area contributed by atoms with Gasteiger partial charge in [0.05, 0.1) is 12.2 Å². The van der Waals surface area contributed by atoms with Crippen molar-refractivity contribution in [3.63, 3.8) is 0 Å². The van der Waals surface area contributed by atoms with E-state index < -0.39 is 0 Å². The van der Waals surface area contributed by atoms with Crippen LogP contribution in [0.25, 0.3) is 0 Å². The van der Waals surface area contributed by atoms with Crippen molar-refractivity contribution in [2.75, 3.05) is 13.2 Å². The summed E-state index contributed by atoms with van der Waals surface area (Å²) >= 11 is 0. The summed E-state index contributed by atoms with van der Waals surface area (Å²) in [6.07, 6.45) is 0.317. The average molecular weight is 154 g/mol. The maximum atomic E-state index is 8.98. The second-order valence-electron chi connectivity index (χ2n) is 2.00. The largest absolute Gasteiger partial charge is 0.390 e. The van der Waals surface area contributed by atoms with Crippen molar-refractivity contribution >= 4 is 12.4 Å². The molecule has 2 unspecified atom stereocenters. The minimum atomic E-state index is -0.319. The Labute approximate surface area is 60.6 Å². The summed E-state index contributed by atoms with van der Waals surface area (Å²) in [6.45, 7) is 1.09. The number of ether oxygens (including phenoxy) is 1. The molecule has 1 rings (SSSR count). The van der Waals surface area contributed by atoms with Crippen molar-refractivity contribution in [3.05, 3.63) is 0 Å². The lowest BCUT2D eigenvalue weighted by atomic mass is 10.2. The van der Waals surface area contributed by atoms with Gasteiger partial charge in [0.15, 0.2) is 0 Å². The number of aliphatic hydroxyl groups excluding tert-OH is 1. The van der Waals surface area contributed by atoms with Gasteiger partial charge in [0.2, 0.25) is 0 Å². The number of hydrogen-bond donors (Lipinski definition) is 2. The molecule has 56 valence electrons. The fourth-order valence-corrected chi connectivity index (χ4v) is 0.862. The first-order chi connectivity index (χ1) is 3.84. The van der Waals surface area contributed by atoms with E-state index in [1.165, 1.54) is 0 Å². The molecule has 4 heteroatoms. The van der Waals surface area contributed by atoms with Crippen molar-refractivity contribution in [1.82, 2.24) is 0 Å². The van der Waals surface area contributed by atoms with Gasteiger partial charge in [0.25, 0.3) is 0 Å². The molecular formula is C5H12ClNO2. The van der Waals surface area contributed by atoms with Gasteiger partial charge in [-0.15, -0.1) is 12.4 Å². The molecule has 0 aromatic rings. The zero-order chi connectivity index (χ0) is 5.98. The van der Waals surface area contributed by atoms with Gasteiger partial charge in [0.1, 0.15) is 0 Å². The normalized spacial score (nSPS) is 34.0. The molecule has 0 spiro atoms. The van der Waals surface area contributed by atoms with E-state index in [9.17, 15) is 0 Å². The van der Waals surface area contributed by atoms with Crippen LogP contribution < -0.4 is 5.73 Å². The molecule has 0 radical (unpaired) electrons. The first kappa shape index (κ1) is 9.17. The van der Waals surface area contributed by atoms with Crippen LogP contribution in [0, 0.1) is 0 Å². The van der Waals surface area contributed by atoms with E-state index in [0.717, 1.165) is 6.42 Å². The van der Waals surface area contributed by atoms with E-state index in [2.05, 4.69) is 0 Å². The van der Waals surface area contributed by atoms with E-state index >= 15 is 0 Å². The van der Waals surface area contributed by atoms with Gasteiger partial charge in [0, 0.05) is 13.2 Å². The highest BCUT2D eigenvalue weighted by Crippen LogP contribution is 2.10. The van der Waals surface area contributed by atoms with Crippen LogP contribution in [0.1, 0.15) is 6.42 Å². The van der Waals surface area contributed by atoms with E-state index in [4.69, 9.17) is 15.6 Å². The Balaban J connectivity index is 0.000000640. The van der Waals surface area contributed by atoms with Crippen molar-refractivity contribution in [2.45, 2.75) is 18.6 Å². The van der Waals surface area contributed by atoms with Crippen LogP contribution in [0.3, 0.4) is 0 Å². The first-order valence-electron chi connectivity index (χ1n) is 2.84. The highest BCUT2D eigenvalue weighted by Gasteiger charge is 2.23. The number of halogens is 1. The Bertz CT molecular complexity index is 81.4. The van der Waals surface area contributed by atoms with Crippen LogP contribution in [0.15, 0.2) is 0 Å². The Morgan fingerprint density at radius 3 is 2.56 bits per heavy atom. The molecule has 9 heavy (non-hydrogen) atoms. The monoisotopic (exact) mass is 153 g/mol. The molecule has 0 bridgehead atoms. The molecule has 3 nitrogen and oxygen atoms in total. The quantitative estimate of drug-likeness (QED) is 0.535. The number of hydrogen-bond acceptors (Lipinski definition) is 3. The summed E-state index contributed by atoms with van der Waals surface area (Å²) in [4.78, 5) is 0. The molecule has 0 aromatic heterocycles. The van der Waals surface area contributed by atoms with Crippen molar-refractivity contribution < 1.29 is 9.84 Å². The summed E-state index contributed by atoms with van der Waals surface area (Å²) in [5, 5.41) is 8.98. The van der Waals surface area contributed by atoms with E-state index in [1.807, 2.05) is 0 Å². The van der Waals surface area contributed by atoms with Crippen LogP contribution in [-0.2, 0) is 4.74 Å². The molecule has 1 aliphatic rings. The second kappa shape index (κ2) is 4.06. The molecule has 1 heterocycles. The summed E-state index contributed by atoms with van der Waals surface area (Å²) in [6, 6.07) is 0. The number of nitrogens with two attached hydrogens (primary N) is 1. The Morgan fingerprint density at radius 2 is 2.33 bits per heavy atom. The molecule has 0 saturated carbocycles. The Morgan fingerprint density at radius 1 is 1.67 bits per heavy atom. The SMILES string of the molecule is Cl.NCC1OCCC1O. The van der Waals surface area contributed by atoms with Crippen LogP contribution in [0.2, 0.25) is 0 Å². The van der Waals surface area contributed by atoms with Crippen molar-refractivity contribution in [1.29, 1.82) is 0 Å². The van der Waals surface area contributed by atoms with Gasteiger partial charge in [-0.2, -0.15) is 0 Å². The molecule has 1 aliphatic heterocycles. The molecule has 0 aliphatic carbocycles. The maximum absolute atomic E-state index is 8.98. The number of aliphatic hydroxyl groups is 1. The molecule has 1 saturated heterocycles. The predicted molar refractivity (Wildman–Crippen MR) is 36.7 cm³/mol. The Kier molecular flexibility index (Phi) is 4.14. The van der Waals surface area contributed by atoms with Gasteiger partial charge >= 0.3 is 0 Å². The van der Waals surface area contributed by atoms with Crippen LogP contribution >= 0.6 is 12.4 Å². The lowest BCUT2D eigenvalue weighted by molar-refractivity contribution is 0.0487. The molecular weight excluding hydrogens is 142 g/mol. The van der Waals surface area contributed by atoms with Gasteiger partial charge in [-0.25, -0.2) is 0 Å². The van der Waals surface area contributed by atoms with Crippen LogP contribution in [0.4, 0.5) is 0 Å². The third kappa shape index (κ3) is 2.10. The van der Waals surface area contributed by atoms with Gasteiger partial charge in [-0.1, -0.05) is 0 Å². The standard InChI is InChI=1S/C5H11NO2.ClH/c6-3-5-4(7)1-2-8-5;/h4-5,7H,1-3,6H2;1H. The zero-order valence-corrected chi connectivity index (χ0v) is 5.93. The lowest BCUT2D eigenvalue weighted by Crippen LogP contribution is -2.29. The van der Waals surface area contributed by atoms with Crippen molar-refractivity contribution in [2.24, 2.45) is 5.73 Å². The topological polar surface area (TPSA) is 55.5 Å². The molecule has 0 aromatic carbocycles. The zero-order valence-electron chi connectivity index (χ0n) is 5.12. The lowest BCUT2D eigenvalue weighted by Gasteiger charge is -2.08. The highest BCUT2D eigenvalue weighted by atomic mass is 35.5.